The van der Waals surface area contributed by atoms with Gasteiger partial charge in [0.05, 0.1) is 18.3 Å². The molecular weight excluding hydrogens is 280 g/mol. The first-order valence-corrected chi connectivity index (χ1v) is 10.7. The highest BCUT2D eigenvalue weighted by molar-refractivity contribution is 6.74. The summed E-state index contributed by atoms with van der Waals surface area (Å²) in [5.74, 6) is 0.761. The number of ether oxygens (including phenoxy) is 1. The van der Waals surface area contributed by atoms with E-state index in [1.807, 2.05) is 6.92 Å². The molecule has 0 aromatic carbocycles. The molecule has 0 saturated carbocycles. The molecule has 0 radical (unpaired) electrons. The van der Waals surface area contributed by atoms with Crippen LogP contribution in [0.2, 0.25) is 18.1 Å². The second-order valence-corrected chi connectivity index (χ2v) is 11.9. The van der Waals surface area contributed by atoms with E-state index in [-0.39, 0.29) is 22.8 Å². The van der Waals surface area contributed by atoms with Gasteiger partial charge >= 0.3 is 5.97 Å². The summed E-state index contributed by atoms with van der Waals surface area (Å²) in [7, 11) is -1.80. The Hall–Kier alpha value is -1.03. The highest BCUT2D eigenvalue weighted by Gasteiger charge is 2.40. The van der Waals surface area contributed by atoms with Gasteiger partial charge in [0.2, 0.25) is 8.32 Å². The topological polar surface area (TPSA) is 35.5 Å². The SMILES string of the molecule is C=CC(C(=O)OCC)C1C=C(O[Si](C)(C)C(C)(C)C)CC1. The lowest BCUT2D eigenvalue weighted by atomic mass is 9.92. The van der Waals surface area contributed by atoms with Crippen LogP contribution in [-0.2, 0) is 14.0 Å². The van der Waals surface area contributed by atoms with Crippen LogP contribution in [0.4, 0.5) is 0 Å². The van der Waals surface area contributed by atoms with Gasteiger partial charge in [-0.05, 0) is 43.5 Å². The lowest BCUT2D eigenvalue weighted by molar-refractivity contribution is -0.147. The first-order valence-electron chi connectivity index (χ1n) is 7.81. The standard InChI is InChI=1S/C17H30O3Si/c1-8-15(16(18)19-9-2)13-10-11-14(12-13)20-21(6,7)17(3,4)5/h8,12-13,15H,1,9-11H2,2-7H3. The van der Waals surface area contributed by atoms with E-state index in [1.54, 1.807) is 6.08 Å². The monoisotopic (exact) mass is 310 g/mol. The third-order valence-corrected chi connectivity index (χ3v) is 8.98. The molecule has 0 heterocycles. The summed E-state index contributed by atoms with van der Waals surface area (Å²) < 4.78 is 11.5. The molecule has 0 fully saturated rings. The largest absolute Gasteiger partial charge is 0.547 e. The van der Waals surface area contributed by atoms with Crippen molar-refractivity contribution < 1.29 is 14.0 Å². The van der Waals surface area contributed by atoms with Crippen LogP contribution >= 0.6 is 0 Å². The Morgan fingerprint density at radius 2 is 2.14 bits per heavy atom. The molecule has 2 atom stereocenters. The number of allylic oxidation sites excluding steroid dienone is 2. The van der Waals surface area contributed by atoms with Crippen LogP contribution in [0, 0.1) is 11.8 Å². The molecular formula is C17H30O3Si. The molecule has 0 amide bonds. The second kappa shape index (κ2) is 6.82. The minimum Gasteiger partial charge on any atom is -0.547 e. The van der Waals surface area contributed by atoms with Gasteiger partial charge in [0.15, 0.2) is 0 Å². The number of hydrogen-bond donors (Lipinski definition) is 0. The lowest BCUT2D eigenvalue weighted by Gasteiger charge is -2.36. The average molecular weight is 311 g/mol. The Labute approximate surface area is 130 Å². The van der Waals surface area contributed by atoms with Gasteiger partial charge in [-0.3, -0.25) is 4.79 Å². The molecule has 2 unspecified atom stereocenters. The summed E-state index contributed by atoms with van der Waals surface area (Å²) in [5.41, 5.74) is 0. The maximum Gasteiger partial charge on any atom is 0.313 e. The zero-order chi connectivity index (χ0) is 16.3. The van der Waals surface area contributed by atoms with Gasteiger partial charge in [0.25, 0.3) is 0 Å². The summed E-state index contributed by atoms with van der Waals surface area (Å²) in [6.45, 7) is 17.2. The number of hydrogen-bond acceptors (Lipinski definition) is 3. The Kier molecular flexibility index (Phi) is 5.85. The molecule has 1 aliphatic rings. The first-order chi connectivity index (χ1) is 9.62. The maximum atomic E-state index is 12.0. The molecule has 0 aromatic rings. The summed E-state index contributed by atoms with van der Waals surface area (Å²) in [6.07, 6.45) is 5.65. The van der Waals surface area contributed by atoms with Crippen molar-refractivity contribution >= 4 is 14.3 Å². The fourth-order valence-corrected chi connectivity index (χ4v) is 3.38. The zero-order valence-electron chi connectivity index (χ0n) is 14.4. The third-order valence-electron chi connectivity index (χ3n) is 4.59. The molecule has 3 nitrogen and oxygen atoms in total. The van der Waals surface area contributed by atoms with Crippen molar-refractivity contribution in [3.05, 3.63) is 24.5 Å². The van der Waals surface area contributed by atoms with Gasteiger partial charge in [0, 0.05) is 6.42 Å². The van der Waals surface area contributed by atoms with Gasteiger partial charge in [0.1, 0.15) is 0 Å². The van der Waals surface area contributed by atoms with Crippen LogP contribution in [0.5, 0.6) is 0 Å². The van der Waals surface area contributed by atoms with Crippen molar-refractivity contribution in [1.29, 1.82) is 0 Å². The van der Waals surface area contributed by atoms with Crippen LogP contribution in [0.1, 0.15) is 40.5 Å². The van der Waals surface area contributed by atoms with Crippen molar-refractivity contribution in [2.45, 2.75) is 58.7 Å². The van der Waals surface area contributed by atoms with Crippen LogP contribution in [0.3, 0.4) is 0 Å². The molecule has 21 heavy (non-hydrogen) atoms. The van der Waals surface area contributed by atoms with Gasteiger partial charge in [-0.1, -0.05) is 26.8 Å². The third kappa shape index (κ3) is 4.47. The highest BCUT2D eigenvalue weighted by Crippen LogP contribution is 2.41. The second-order valence-electron chi connectivity index (χ2n) is 7.21. The van der Waals surface area contributed by atoms with E-state index in [4.69, 9.17) is 9.16 Å². The zero-order valence-corrected chi connectivity index (χ0v) is 15.4. The molecule has 1 rings (SSSR count). The summed E-state index contributed by atoms with van der Waals surface area (Å²) in [4.78, 5) is 12.0. The van der Waals surface area contributed by atoms with E-state index in [2.05, 4.69) is 46.5 Å². The summed E-state index contributed by atoms with van der Waals surface area (Å²) in [5, 5.41) is 0.185. The van der Waals surface area contributed by atoms with E-state index in [0.29, 0.717) is 6.61 Å². The smallest absolute Gasteiger partial charge is 0.313 e. The molecule has 120 valence electrons. The van der Waals surface area contributed by atoms with Crippen LogP contribution in [0.25, 0.3) is 0 Å². The van der Waals surface area contributed by atoms with E-state index in [9.17, 15) is 4.79 Å². The molecule has 0 saturated heterocycles. The predicted octanol–water partition coefficient (Wildman–Crippen LogP) is 4.67. The van der Waals surface area contributed by atoms with E-state index < -0.39 is 8.32 Å². The number of carbonyl (C=O) groups is 1. The molecule has 0 spiro atoms. The van der Waals surface area contributed by atoms with Crippen molar-refractivity contribution in [1.82, 2.24) is 0 Å². The summed E-state index contributed by atoms with van der Waals surface area (Å²) >= 11 is 0. The van der Waals surface area contributed by atoms with Crippen molar-refractivity contribution in [2.24, 2.45) is 11.8 Å². The quantitative estimate of drug-likeness (QED) is 0.406. The van der Waals surface area contributed by atoms with E-state index in [0.717, 1.165) is 18.6 Å². The van der Waals surface area contributed by atoms with Gasteiger partial charge in [-0.15, -0.1) is 6.58 Å². The Bertz CT molecular complexity index is 418. The average Bonchev–Trinajstić information content (AvgIpc) is 2.76. The van der Waals surface area contributed by atoms with Gasteiger partial charge < -0.3 is 9.16 Å². The lowest BCUT2D eigenvalue weighted by Crippen LogP contribution is -2.40. The van der Waals surface area contributed by atoms with E-state index in [1.165, 1.54) is 0 Å². The Morgan fingerprint density at radius 1 is 1.52 bits per heavy atom. The Balaban J connectivity index is 2.78. The van der Waals surface area contributed by atoms with E-state index >= 15 is 0 Å². The van der Waals surface area contributed by atoms with Crippen molar-refractivity contribution in [3.63, 3.8) is 0 Å². The Morgan fingerprint density at radius 3 is 2.62 bits per heavy atom. The molecule has 0 aliphatic heterocycles. The normalized spacial score (nSPS) is 20.7. The van der Waals surface area contributed by atoms with Crippen LogP contribution < -0.4 is 0 Å². The number of carbonyl (C=O) groups excluding carboxylic acids is 1. The minimum atomic E-state index is -1.80. The first kappa shape index (κ1) is 18.0. The van der Waals surface area contributed by atoms with Crippen LogP contribution in [0.15, 0.2) is 24.5 Å². The molecule has 1 aliphatic carbocycles. The molecule has 0 bridgehead atoms. The summed E-state index contributed by atoms with van der Waals surface area (Å²) in [6, 6.07) is 0. The fourth-order valence-electron chi connectivity index (χ4n) is 2.25. The highest BCUT2D eigenvalue weighted by atomic mass is 28.4. The van der Waals surface area contributed by atoms with Crippen molar-refractivity contribution in [2.75, 3.05) is 6.61 Å². The molecule has 0 N–H and O–H groups in total. The van der Waals surface area contributed by atoms with Crippen LogP contribution in [-0.4, -0.2) is 20.9 Å². The van der Waals surface area contributed by atoms with Crippen molar-refractivity contribution in [3.8, 4) is 0 Å². The van der Waals surface area contributed by atoms with Gasteiger partial charge in [-0.2, -0.15) is 0 Å². The molecule has 4 heteroatoms. The minimum absolute atomic E-state index is 0.154. The van der Waals surface area contributed by atoms with Gasteiger partial charge in [-0.25, -0.2) is 0 Å². The predicted molar refractivity (Wildman–Crippen MR) is 89.4 cm³/mol. The maximum absolute atomic E-state index is 12.0. The fraction of sp³-hybridized carbons (Fsp3) is 0.706. The molecule has 0 aromatic heterocycles. The number of rotatable bonds is 6. The number of esters is 1.